The van der Waals surface area contributed by atoms with Gasteiger partial charge in [-0.1, -0.05) is 7.43 Å². The number of rotatable bonds is 0. The molecule has 0 saturated carbocycles. The van der Waals surface area contributed by atoms with E-state index in [0.717, 1.165) is 0 Å². The van der Waals surface area contributed by atoms with Gasteiger partial charge in [-0.15, -0.1) is 0 Å². The van der Waals surface area contributed by atoms with Gasteiger partial charge >= 0.3 is 17.6 Å². The Morgan fingerprint density at radius 3 is 1.00 bits per heavy atom. The van der Waals surface area contributed by atoms with Crippen molar-refractivity contribution in [1.82, 2.24) is 0 Å². The van der Waals surface area contributed by atoms with E-state index in [1.807, 2.05) is 0 Å². The van der Waals surface area contributed by atoms with E-state index >= 15 is 0 Å². The van der Waals surface area contributed by atoms with E-state index in [0.29, 0.717) is 0 Å². The van der Waals surface area contributed by atoms with Gasteiger partial charge < -0.3 is 5.48 Å². The van der Waals surface area contributed by atoms with Gasteiger partial charge in [0.1, 0.15) is 0 Å². The Labute approximate surface area is 36.0 Å². The molecule has 0 spiro atoms. The fourth-order valence-electron chi connectivity index (χ4n) is 0. The molecular weight excluding hydrogens is 120 g/mol. The predicted octanol–water partition coefficient (Wildman–Crippen LogP) is -1.49. The van der Waals surface area contributed by atoms with E-state index in [1.165, 1.54) is 0 Å². The minimum atomic E-state index is 0. The van der Waals surface area contributed by atoms with Crippen LogP contribution in [-0.4, -0.2) is 23.1 Å². The Balaban J connectivity index is 0. The zero-order valence-corrected chi connectivity index (χ0v) is 0.908. The molecule has 0 rings (SSSR count). The first-order valence-corrected chi connectivity index (χ1v) is 0. The zero-order chi connectivity index (χ0) is 0. The minimum absolute atomic E-state index is 0. The molecule has 0 saturated heterocycles. The first kappa shape index (κ1) is 279. The fraction of sp³-hybridized carbons (Fsp3) is 1.00. The quantitative estimate of drug-likeness (QED) is 0.358. The average Bonchev–Trinajstić information content (AvgIpc) is 0. The number of hydrogen-bond donors (Lipinski definition) is 0. The van der Waals surface area contributed by atoms with E-state index in [-0.39, 0.29) is 35.2 Å². The molecule has 4 heavy (non-hydrogen) atoms. The summed E-state index contributed by atoms with van der Waals surface area (Å²) < 4.78 is 0. The summed E-state index contributed by atoms with van der Waals surface area (Å²) in [7, 11) is 0. The van der Waals surface area contributed by atoms with Crippen LogP contribution in [0.2, 0.25) is 0 Å². The van der Waals surface area contributed by atoms with Crippen molar-refractivity contribution >= 4 is 17.6 Å². The van der Waals surface area contributed by atoms with Crippen LogP contribution in [0.1, 0.15) is 7.43 Å². The third kappa shape index (κ3) is 26.7. The molecule has 0 aliphatic carbocycles. The van der Waals surface area contributed by atoms with Crippen LogP contribution in [0, 0.1) is 0 Å². The van der Waals surface area contributed by atoms with Gasteiger partial charge in [0.15, 0.2) is 0 Å². The van der Waals surface area contributed by atoms with E-state index in [2.05, 4.69) is 0 Å². The summed E-state index contributed by atoms with van der Waals surface area (Å²) in [6.45, 7) is 0. The second-order valence-electron chi connectivity index (χ2n) is 0. The summed E-state index contributed by atoms with van der Waals surface area (Å²) >= 11 is 0. The van der Waals surface area contributed by atoms with Crippen LogP contribution in [0.25, 0.3) is 0 Å². The van der Waals surface area contributed by atoms with E-state index < -0.39 is 0 Å². The summed E-state index contributed by atoms with van der Waals surface area (Å²) in [5.41, 5.74) is 0. The molecular formula is CH11FGeO. The molecule has 0 aliphatic heterocycles. The average molecular weight is 131 g/mol. The molecule has 0 heterocycles. The predicted molar refractivity (Wildman–Crippen MR) is 24.2 cm³/mol. The SMILES string of the molecule is C.F.O.[GeH4]. The molecule has 0 amide bonds. The zero-order valence-electron chi connectivity index (χ0n) is 0.908. The molecule has 0 radical (unpaired) electrons. The van der Waals surface area contributed by atoms with Crippen LogP contribution < -0.4 is 0 Å². The van der Waals surface area contributed by atoms with Crippen LogP contribution in [0.15, 0.2) is 0 Å². The normalized spacial score (nSPS) is 0. The Kier molecular flexibility index (Phi) is 7560. The first-order valence-electron chi connectivity index (χ1n) is 0. The van der Waals surface area contributed by atoms with Crippen molar-refractivity contribution in [2.45, 2.75) is 7.43 Å². The van der Waals surface area contributed by atoms with Gasteiger partial charge in [-0.2, -0.15) is 0 Å². The van der Waals surface area contributed by atoms with Crippen molar-refractivity contribution in [2.24, 2.45) is 0 Å². The Bertz CT molecular complexity index is 8.00. The summed E-state index contributed by atoms with van der Waals surface area (Å²) in [4.78, 5) is 0. The van der Waals surface area contributed by atoms with E-state index in [9.17, 15) is 0 Å². The van der Waals surface area contributed by atoms with E-state index in [1.54, 1.807) is 0 Å². The van der Waals surface area contributed by atoms with Gasteiger partial charge in [0.25, 0.3) is 0 Å². The van der Waals surface area contributed by atoms with Crippen LogP contribution in [0.5, 0.6) is 0 Å². The number of halogens is 1. The van der Waals surface area contributed by atoms with Crippen LogP contribution in [0.3, 0.4) is 0 Å². The summed E-state index contributed by atoms with van der Waals surface area (Å²) in [6, 6.07) is 0. The van der Waals surface area contributed by atoms with Crippen molar-refractivity contribution in [2.75, 3.05) is 0 Å². The van der Waals surface area contributed by atoms with Crippen molar-refractivity contribution in [3.63, 3.8) is 0 Å². The molecule has 2 N–H and O–H groups in total. The first-order chi connectivity index (χ1) is 0. The third-order valence-electron chi connectivity index (χ3n) is 0. The topological polar surface area (TPSA) is 31.5 Å². The molecule has 0 aromatic rings. The molecule has 0 fully saturated rings. The second-order valence-corrected chi connectivity index (χ2v) is 0. The summed E-state index contributed by atoms with van der Waals surface area (Å²) in [5.74, 6) is 0. The standard InChI is InChI=1S/CH4.FH.GeH4.H2O/h1H4;1H;1H4;1H2. The molecule has 0 aliphatic rings. The van der Waals surface area contributed by atoms with Crippen molar-refractivity contribution in [3.05, 3.63) is 0 Å². The maximum absolute atomic E-state index is 0. The molecule has 3 heteroatoms. The second kappa shape index (κ2) is 108. The van der Waals surface area contributed by atoms with Gasteiger partial charge in [0, 0.05) is 0 Å². The van der Waals surface area contributed by atoms with Gasteiger partial charge in [-0.3, -0.25) is 4.70 Å². The van der Waals surface area contributed by atoms with Crippen molar-refractivity contribution in [3.8, 4) is 0 Å². The van der Waals surface area contributed by atoms with Gasteiger partial charge in [0.2, 0.25) is 0 Å². The van der Waals surface area contributed by atoms with Crippen LogP contribution in [-0.2, 0) is 0 Å². The number of hydrogen-bond acceptors (Lipinski definition) is 0. The molecule has 0 aromatic heterocycles. The Morgan fingerprint density at radius 2 is 1.00 bits per heavy atom. The third-order valence-corrected chi connectivity index (χ3v) is 0. The van der Waals surface area contributed by atoms with Gasteiger partial charge in [0.05, 0.1) is 0 Å². The van der Waals surface area contributed by atoms with Gasteiger partial charge in [-0.05, 0) is 0 Å². The molecule has 1 nitrogen and oxygen atoms in total. The van der Waals surface area contributed by atoms with E-state index in [4.69, 9.17) is 0 Å². The molecule has 0 unspecified atom stereocenters. The Morgan fingerprint density at radius 1 is 1.00 bits per heavy atom. The Hall–Kier alpha value is 0.433. The van der Waals surface area contributed by atoms with Gasteiger partial charge in [-0.25, -0.2) is 0 Å². The molecule has 0 aromatic carbocycles. The molecule has 0 bridgehead atoms. The fourth-order valence-corrected chi connectivity index (χ4v) is 0. The summed E-state index contributed by atoms with van der Waals surface area (Å²) in [6.07, 6.45) is 0. The monoisotopic (exact) mass is 132 g/mol. The molecule has 32 valence electrons. The summed E-state index contributed by atoms with van der Waals surface area (Å²) in [5, 5.41) is 0. The van der Waals surface area contributed by atoms with Crippen LogP contribution >= 0.6 is 0 Å². The van der Waals surface area contributed by atoms with Crippen molar-refractivity contribution < 1.29 is 10.2 Å². The van der Waals surface area contributed by atoms with Crippen molar-refractivity contribution in [1.29, 1.82) is 0 Å². The maximum atomic E-state index is 0. The van der Waals surface area contributed by atoms with Crippen LogP contribution in [0.4, 0.5) is 4.70 Å². The molecule has 0 atom stereocenters.